The maximum Gasteiger partial charge on any atom is 0.271 e. The van der Waals surface area contributed by atoms with E-state index < -0.39 is 0 Å². The lowest BCUT2D eigenvalue weighted by atomic mass is 10.2. The molecule has 1 N–H and O–H groups in total. The van der Waals surface area contributed by atoms with E-state index in [1.807, 2.05) is 12.1 Å². The summed E-state index contributed by atoms with van der Waals surface area (Å²) in [5.41, 5.74) is 1.30. The summed E-state index contributed by atoms with van der Waals surface area (Å²) < 4.78 is 0. The van der Waals surface area contributed by atoms with Crippen LogP contribution in [0.5, 0.6) is 0 Å². The summed E-state index contributed by atoms with van der Waals surface area (Å²) in [6.07, 6.45) is 3.20. The van der Waals surface area contributed by atoms with Gasteiger partial charge in [-0.1, -0.05) is 23.7 Å². The van der Waals surface area contributed by atoms with Gasteiger partial charge < -0.3 is 15.1 Å². The monoisotopic (exact) mass is 345 g/mol. The number of halogens is 1. The van der Waals surface area contributed by atoms with Crippen molar-refractivity contribution in [3.63, 3.8) is 0 Å². The van der Waals surface area contributed by atoms with Crippen LogP contribution >= 0.6 is 11.6 Å². The van der Waals surface area contributed by atoms with Crippen LogP contribution in [0.4, 0.5) is 5.82 Å². The second-order valence-corrected chi connectivity index (χ2v) is 6.30. The molecule has 1 saturated heterocycles. The smallest absolute Gasteiger partial charge is 0.271 e. The van der Waals surface area contributed by atoms with E-state index in [1.54, 1.807) is 18.3 Å². The summed E-state index contributed by atoms with van der Waals surface area (Å²) >= 11 is 5.84. The first-order chi connectivity index (χ1) is 11.6. The summed E-state index contributed by atoms with van der Waals surface area (Å²) in [6, 6.07) is 7.36. The predicted molar refractivity (Wildman–Crippen MR) is 94.4 cm³/mol. The highest BCUT2D eigenvalue weighted by atomic mass is 35.5. The quantitative estimate of drug-likeness (QED) is 0.915. The van der Waals surface area contributed by atoms with Crippen molar-refractivity contribution < 1.29 is 4.79 Å². The first kappa shape index (κ1) is 16.7. The van der Waals surface area contributed by atoms with Crippen molar-refractivity contribution in [2.24, 2.45) is 0 Å². The van der Waals surface area contributed by atoms with Crippen LogP contribution in [0.2, 0.25) is 5.02 Å². The van der Waals surface area contributed by atoms with E-state index in [9.17, 15) is 4.79 Å². The first-order valence-electron chi connectivity index (χ1n) is 7.90. The van der Waals surface area contributed by atoms with Gasteiger partial charge in [-0.15, -0.1) is 0 Å². The number of rotatable bonds is 4. The largest absolute Gasteiger partial charge is 0.353 e. The van der Waals surface area contributed by atoms with Gasteiger partial charge in [0.25, 0.3) is 5.91 Å². The first-order valence-corrected chi connectivity index (χ1v) is 8.28. The van der Waals surface area contributed by atoms with Crippen LogP contribution in [-0.4, -0.2) is 54.0 Å². The van der Waals surface area contributed by atoms with Crippen LogP contribution in [0, 0.1) is 0 Å². The lowest BCUT2D eigenvalue weighted by molar-refractivity contribution is 0.0945. The average molecular weight is 346 g/mol. The van der Waals surface area contributed by atoms with Gasteiger partial charge in [0.05, 0.1) is 12.4 Å². The molecule has 6 nitrogen and oxygen atoms in total. The lowest BCUT2D eigenvalue weighted by Gasteiger charge is -2.32. The van der Waals surface area contributed by atoms with Gasteiger partial charge >= 0.3 is 0 Å². The fraction of sp³-hybridized carbons (Fsp3) is 0.353. The van der Waals surface area contributed by atoms with Gasteiger partial charge in [-0.3, -0.25) is 4.79 Å². The number of amides is 1. The lowest BCUT2D eigenvalue weighted by Crippen LogP contribution is -2.44. The zero-order valence-electron chi connectivity index (χ0n) is 13.6. The van der Waals surface area contributed by atoms with E-state index in [4.69, 9.17) is 11.6 Å². The standard InChI is InChI=1S/C17H20ClN5O/c1-22-6-8-23(9-7-22)16-12-19-15(11-20-16)17(24)21-10-13-2-4-14(18)5-3-13/h2-5,11-12H,6-10H2,1H3,(H,21,24). The van der Waals surface area contributed by atoms with Crippen LogP contribution < -0.4 is 10.2 Å². The normalized spacial score (nSPS) is 15.3. The number of hydrogen-bond donors (Lipinski definition) is 1. The minimum absolute atomic E-state index is 0.234. The Balaban J connectivity index is 1.56. The van der Waals surface area contributed by atoms with Crippen LogP contribution in [-0.2, 0) is 6.54 Å². The van der Waals surface area contributed by atoms with Crippen molar-refractivity contribution in [3.8, 4) is 0 Å². The van der Waals surface area contributed by atoms with E-state index in [1.165, 1.54) is 6.20 Å². The van der Waals surface area contributed by atoms with E-state index in [0.717, 1.165) is 37.6 Å². The number of benzene rings is 1. The van der Waals surface area contributed by atoms with Gasteiger partial charge in [0, 0.05) is 37.7 Å². The zero-order chi connectivity index (χ0) is 16.9. The highest BCUT2D eigenvalue weighted by Gasteiger charge is 2.16. The molecule has 126 valence electrons. The van der Waals surface area contributed by atoms with Crippen LogP contribution in [0.3, 0.4) is 0 Å². The Hall–Kier alpha value is -2.18. The summed E-state index contributed by atoms with van der Waals surface area (Å²) in [7, 11) is 2.11. The van der Waals surface area contributed by atoms with Gasteiger partial charge in [-0.25, -0.2) is 9.97 Å². The molecule has 0 aliphatic carbocycles. The minimum Gasteiger partial charge on any atom is -0.353 e. The summed E-state index contributed by atoms with van der Waals surface area (Å²) in [5.74, 6) is 0.583. The molecule has 0 radical (unpaired) electrons. The molecule has 2 heterocycles. The highest BCUT2D eigenvalue weighted by molar-refractivity contribution is 6.30. The Labute approximate surface area is 146 Å². The fourth-order valence-corrected chi connectivity index (χ4v) is 2.64. The molecule has 0 saturated carbocycles. The Morgan fingerprint density at radius 2 is 1.83 bits per heavy atom. The molecule has 24 heavy (non-hydrogen) atoms. The number of nitrogens with zero attached hydrogens (tertiary/aromatic N) is 4. The summed E-state index contributed by atoms with van der Waals surface area (Å²) in [5, 5.41) is 3.51. The number of anilines is 1. The van der Waals surface area contributed by atoms with Gasteiger partial charge in [0.2, 0.25) is 0 Å². The van der Waals surface area contributed by atoms with E-state index >= 15 is 0 Å². The van der Waals surface area contributed by atoms with Crippen molar-refractivity contribution >= 4 is 23.3 Å². The fourth-order valence-electron chi connectivity index (χ4n) is 2.51. The molecule has 1 aromatic heterocycles. The molecule has 1 aliphatic heterocycles. The van der Waals surface area contributed by atoms with Crippen molar-refractivity contribution in [1.29, 1.82) is 0 Å². The number of carbonyl (C=O) groups excluding carboxylic acids is 1. The molecule has 3 rings (SSSR count). The predicted octanol–water partition coefficient (Wildman–Crippen LogP) is 1.81. The molecule has 0 bridgehead atoms. The van der Waals surface area contributed by atoms with Crippen molar-refractivity contribution in [3.05, 3.63) is 52.9 Å². The van der Waals surface area contributed by atoms with Crippen molar-refractivity contribution in [2.75, 3.05) is 38.1 Å². The Morgan fingerprint density at radius 1 is 1.12 bits per heavy atom. The SMILES string of the molecule is CN1CCN(c2cnc(C(=O)NCc3ccc(Cl)cc3)cn2)CC1. The second-order valence-electron chi connectivity index (χ2n) is 5.86. The molecule has 1 aromatic carbocycles. The van der Waals surface area contributed by atoms with Crippen molar-refractivity contribution in [1.82, 2.24) is 20.2 Å². The third kappa shape index (κ3) is 4.21. The van der Waals surface area contributed by atoms with Crippen LogP contribution in [0.1, 0.15) is 16.1 Å². The zero-order valence-corrected chi connectivity index (χ0v) is 14.3. The molecule has 1 aliphatic rings. The average Bonchev–Trinajstić information content (AvgIpc) is 2.62. The third-order valence-electron chi connectivity index (χ3n) is 4.06. The number of aromatic nitrogens is 2. The number of likely N-dealkylation sites (N-methyl/N-ethyl adjacent to an activating group) is 1. The molecule has 1 fully saturated rings. The highest BCUT2D eigenvalue weighted by Crippen LogP contribution is 2.12. The van der Waals surface area contributed by atoms with E-state index in [0.29, 0.717) is 17.3 Å². The summed E-state index contributed by atoms with van der Waals surface area (Å²) in [4.78, 5) is 25.2. The number of piperazine rings is 1. The maximum absolute atomic E-state index is 12.2. The van der Waals surface area contributed by atoms with Crippen molar-refractivity contribution in [2.45, 2.75) is 6.54 Å². The molecule has 2 aromatic rings. The van der Waals surface area contributed by atoms with Gasteiger partial charge in [-0.2, -0.15) is 0 Å². The summed E-state index contributed by atoms with van der Waals surface area (Å²) in [6.45, 7) is 4.29. The third-order valence-corrected chi connectivity index (χ3v) is 4.32. The molecule has 0 unspecified atom stereocenters. The second kappa shape index (κ2) is 7.59. The van der Waals surface area contributed by atoms with Crippen LogP contribution in [0.25, 0.3) is 0 Å². The minimum atomic E-state index is -0.234. The number of carbonyl (C=O) groups is 1. The van der Waals surface area contributed by atoms with E-state index in [-0.39, 0.29) is 5.91 Å². The molecular weight excluding hydrogens is 326 g/mol. The van der Waals surface area contributed by atoms with Gasteiger partial charge in [-0.05, 0) is 24.7 Å². The molecule has 1 amide bonds. The molecule has 0 spiro atoms. The Morgan fingerprint density at radius 3 is 2.46 bits per heavy atom. The Bertz CT molecular complexity index is 681. The van der Waals surface area contributed by atoms with Gasteiger partial charge in [0.1, 0.15) is 11.5 Å². The van der Waals surface area contributed by atoms with E-state index in [2.05, 4.69) is 32.1 Å². The topological polar surface area (TPSA) is 61.4 Å². The number of hydrogen-bond acceptors (Lipinski definition) is 5. The molecular formula is C17H20ClN5O. The Kier molecular flexibility index (Phi) is 5.27. The van der Waals surface area contributed by atoms with Gasteiger partial charge in [0.15, 0.2) is 0 Å². The van der Waals surface area contributed by atoms with Crippen LogP contribution in [0.15, 0.2) is 36.7 Å². The number of nitrogens with one attached hydrogen (secondary N) is 1. The molecule has 0 atom stereocenters. The maximum atomic E-state index is 12.2. The molecule has 7 heteroatoms.